The predicted octanol–water partition coefficient (Wildman–Crippen LogP) is 3.33. The predicted molar refractivity (Wildman–Crippen MR) is 92.2 cm³/mol. The average molecular weight is 329 g/mol. The molecule has 0 aromatic heterocycles. The first-order valence-corrected chi connectivity index (χ1v) is 8.05. The zero-order chi connectivity index (χ0) is 16.9. The zero-order valence-corrected chi connectivity index (χ0v) is 14.3. The van der Waals surface area contributed by atoms with Crippen LogP contribution in [0.5, 0.6) is 23.0 Å². The van der Waals surface area contributed by atoms with Crippen molar-refractivity contribution >= 4 is 0 Å². The van der Waals surface area contributed by atoms with Crippen molar-refractivity contribution in [1.29, 1.82) is 0 Å². The Morgan fingerprint density at radius 3 is 2.71 bits per heavy atom. The van der Waals surface area contributed by atoms with Crippen molar-refractivity contribution in [3.63, 3.8) is 0 Å². The Bertz CT molecular complexity index is 702. The van der Waals surface area contributed by atoms with Gasteiger partial charge < -0.3 is 24.3 Å². The van der Waals surface area contributed by atoms with Gasteiger partial charge in [-0.25, -0.2) is 0 Å². The highest BCUT2D eigenvalue weighted by Crippen LogP contribution is 2.34. The van der Waals surface area contributed by atoms with Crippen molar-refractivity contribution in [2.75, 3.05) is 27.4 Å². The summed E-state index contributed by atoms with van der Waals surface area (Å²) in [5.41, 5.74) is 2.17. The Morgan fingerprint density at radius 1 is 1.08 bits per heavy atom. The summed E-state index contributed by atoms with van der Waals surface area (Å²) < 4.78 is 22.1. The summed E-state index contributed by atoms with van der Waals surface area (Å²) in [7, 11) is 3.32. The van der Waals surface area contributed by atoms with Gasteiger partial charge in [-0.1, -0.05) is 18.2 Å². The number of rotatable bonds is 6. The van der Waals surface area contributed by atoms with Crippen molar-refractivity contribution in [2.24, 2.45) is 0 Å². The van der Waals surface area contributed by atoms with Crippen LogP contribution in [-0.2, 0) is 6.54 Å². The maximum absolute atomic E-state index is 5.76. The third kappa shape index (κ3) is 3.41. The first-order chi connectivity index (χ1) is 11.7. The second-order valence-electron chi connectivity index (χ2n) is 5.65. The molecule has 0 radical (unpaired) electrons. The van der Waals surface area contributed by atoms with Crippen LogP contribution in [0.2, 0.25) is 0 Å². The number of methoxy groups -OCH3 is 2. The van der Waals surface area contributed by atoms with Crippen LogP contribution in [0, 0.1) is 0 Å². The minimum absolute atomic E-state index is 0.117. The number of hydrogen-bond donors (Lipinski definition) is 1. The number of hydrogen-bond acceptors (Lipinski definition) is 5. The molecular formula is C19H23NO4. The molecule has 0 spiro atoms. The quantitative estimate of drug-likeness (QED) is 0.881. The van der Waals surface area contributed by atoms with Crippen LogP contribution in [0.25, 0.3) is 0 Å². The molecule has 1 aliphatic heterocycles. The van der Waals surface area contributed by atoms with E-state index in [1.54, 1.807) is 14.2 Å². The molecule has 5 heteroatoms. The van der Waals surface area contributed by atoms with Gasteiger partial charge in [-0.2, -0.15) is 0 Å². The number of ether oxygens (including phenoxy) is 4. The van der Waals surface area contributed by atoms with E-state index in [9.17, 15) is 0 Å². The largest absolute Gasteiger partial charge is 0.497 e. The molecule has 2 aromatic carbocycles. The van der Waals surface area contributed by atoms with Gasteiger partial charge in [0.25, 0.3) is 0 Å². The lowest BCUT2D eigenvalue weighted by atomic mass is 10.1. The Morgan fingerprint density at radius 2 is 1.92 bits per heavy atom. The fourth-order valence-electron chi connectivity index (χ4n) is 2.82. The molecule has 0 fully saturated rings. The summed E-state index contributed by atoms with van der Waals surface area (Å²) in [5.74, 6) is 3.25. The first kappa shape index (κ1) is 16.5. The van der Waals surface area contributed by atoms with E-state index in [1.807, 2.05) is 30.3 Å². The third-order valence-corrected chi connectivity index (χ3v) is 4.15. The standard InChI is InChI=1S/C19H23NO4/c1-13(16-8-7-15(21-2)11-18(16)22-3)20-12-14-5-4-6-17-19(14)24-10-9-23-17/h4-8,11,13,20H,9-10,12H2,1-3H3. The van der Waals surface area contributed by atoms with Crippen molar-refractivity contribution < 1.29 is 18.9 Å². The highest BCUT2D eigenvalue weighted by atomic mass is 16.6. The number of para-hydroxylation sites is 1. The summed E-state index contributed by atoms with van der Waals surface area (Å²) in [6, 6.07) is 12.0. The molecule has 0 bridgehead atoms. The molecule has 2 aromatic rings. The van der Waals surface area contributed by atoms with Gasteiger partial charge in [0.1, 0.15) is 24.7 Å². The molecule has 1 heterocycles. The van der Waals surface area contributed by atoms with Gasteiger partial charge in [-0.3, -0.25) is 0 Å². The van der Waals surface area contributed by atoms with Crippen LogP contribution in [-0.4, -0.2) is 27.4 Å². The third-order valence-electron chi connectivity index (χ3n) is 4.15. The topological polar surface area (TPSA) is 49.0 Å². The highest BCUT2D eigenvalue weighted by Gasteiger charge is 2.17. The molecule has 24 heavy (non-hydrogen) atoms. The molecule has 0 saturated heterocycles. The molecule has 1 N–H and O–H groups in total. The van der Waals surface area contributed by atoms with Gasteiger partial charge in [-0.05, 0) is 19.1 Å². The van der Waals surface area contributed by atoms with Gasteiger partial charge in [-0.15, -0.1) is 0 Å². The van der Waals surface area contributed by atoms with E-state index >= 15 is 0 Å². The molecule has 1 unspecified atom stereocenters. The lowest BCUT2D eigenvalue weighted by Gasteiger charge is -2.22. The lowest BCUT2D eigenvalue weighted by Crippen LogP contribution is -2.21. The van der Waals surface area contributed by atoms with E-state index in [2.05, 4.69) is 18.3 Å². The Kier molecular flexibility index (Phi) is 5.11. The second-order valence-corrected chi connectivity index (χ2v) is 5.65. The van der Waals surface area contributed by atoms with E-state index < -0.39 is 0 Å². The number of fused-ring (bicyclic) bond motifs is 1. The Labute approximate surface area is 142 Å². The van der Waals surface area contributed by atoms with Gasteiger partial charge in [0.15, 0.2) is 11.5 Å². The van der Waals surface area contributed by atoms with Gasteiger partial charge in [0, 0.05) is 29.8 Å². The number of benzene rings is 2. The van der Waals surface area contributed by atoms with Crippen LogP contribution < -0.4 is 24.3 Å². The van der Waals surface area contributed by atoms with Gasteiger partial charge in [0.2, 0.25) is 0 Å². The highest BCUT2D eigenvalue weighted by molar-refractivity contribution is 5.47. The molecule has 5 nitrogen and oxygen atoms in total. The van der Waals surface area contributed by atoms with Crippen LogP contribution in [0.15, 0.2) is 36.4 Å². The van der Waals surface area contributed by atoms with Crippen molar-refractivity contribution in [2.45, 2.75) is 19.5 Å². The fourth-order valence-corrected chi connectivity index (χ4v) is 2.82. The normalized spacial score (nSPS) is 14.1. The van der Waals surface area contributed by atoms with Crippen LogP contribution in [0.4, 0.5) is 0 Å². The van der Waals surface area contributed by atoms with Crippen molar-refractivity contribution in [1.82, 2.24) is 5.32 Å². The number of nitrogens with one attached hydrogen (secondary N) is 1. The molecule has 0 saturated carbocycles. The van der Waals surface area contributed by atoms with Crippen LogP contribution in [0.3, 0.4) is 0 Å². The molecule has 3 rings (SSSR count). The first-order valence-electron chi connectivity index (χ1n) is 8.05. The molecular weight excluding hydrogens is 306 g/mol. The van der Waals surface area contributed by atoms with Gasteiger partial charge in [0.05, 0.1) is 14.2 Å². The molecule has 128 valence electrons. The minimum Gasteiger partial charge on any atom is -0.497 e. The van der Waals surface area contributed by atoms with Crippen LogP contribution in [0.1, 0.15) is 24.1 Å². The Balaban J connectivity index is 1.73. The van der Waals surface area contributed by atoms with Gasteiger partial charge >= 0.3 is 0 Å². The molecule has 0 amide bonds. The summed E-state index contributed by atoms with van der Waals surface area (Å²) in [4.78, 5) is 0. The average Bonchev–Trinajstić information content (AvgIpc) is 2.65. The second kappa shape index (κ2) is 7.45. The summed E-state index contributed by atoms with van der Waals surface area (Å²) in [6.07, 6.45) is 0. The summed E-state index contributed by atoms with van der Waals surface area (Å²) in [6.45, 7) is 3.98. The summed E-state index contributed by atoms with van der Waals surface area (Å²) in [5, 5.41) is 3.52. The van der Waals surface area contributed by atoms with Crippen molar-refractivity contribution in [3.8, 4) is 23.0 Å². The SMILES string of the molecule is COc1ccc(C(C)NCc2cccc3c2OCCO3)c(OC)c1. The maximum Gasteiger partial charge on any atom is 0.165 e. The van der Waals surface area contributed by atoms with E-state index in [0.717, 1.165) is 34.1 Å². The van der Waals surface area contributed by atoms with Crippen LogP contribution >= 0.6 is 0 Å². The maximum atomic E-state index is 5.76. The fraction of sp³-hybridized carbons (Fsp3) is 0.368. The zero-order valence-electron chi connectivity index (χ0n) is 14.3. The molecule has 1 atom stereocenters. The summed E-state index contributed by atoms with van der Waals surface area (Å²) >= 11 is 0. The van der Waals surface area contributed by atoms with E-state index in [-0.39, 0.29) is 6.04 Å². The monoisotopic (exact) mass is 329 g/mol. The van der Waals surface area contributed by atoms with Crippen molar-refractivity contribution in [3.05, 3.63) is 47.5 Å². The van der Waals surface area contributed by atoms with E-state index in [4.69, 9.17) is 18.9 Å². The molecule has 1 aliphatic rings. The smallest absolute Gasteiger partial charge is 0.165 e. The lowest BCUT2D eigenvalue weighted by molar-refractivity contribution is 0.169. The van der Waals surface area contributed by atoms with E-state index in [1.165, 1.54) is 0 Å². The Hall–Kier alpha value is -2.40. The minimum atomic E-state index is 0.117. The molecule has 0 aliphatic carbocycles. The van der Waals surface area contributed by atoms with E-state index in [0.29, 0.717) is 19.8 Å².